The minimum atomic E-state index is -0.479. The minimum absolute atomic E-state index is 0.116. The third-order valence-corrected chi connectivity index (χ3v) is 3.20. The normalized spacial score (nSPS) is 10.7. The molecule has 0 radical (unpaired) electrons. The number of fused-ring (bicyclic) bond motifs is 1. The van der Waals surface area contributed by atoms with Crippen LogP contribution in [0.5, 0.6) is 11.5 Å². The van der Waals surface area contributed by atoms with Crippen molar-refractivity contribution in [3.8, 4) is 11.5 Å². The molecule has 2 aromatic carbocycles. The molecular formula is C15H14N2O4. The standard InChI is InChI=1S/C15H14N2O4/c1-20-13-4-2-3-9(14(13)18)8-16-10-5-6-12-11(7-10)17-15(19)21-12/h2-7,16,18H,8H2,1H3,(H,17,19). The fourth-order valence-electron chi connectivity index (χ4n) is 2.13. The van der Waals surface area contributed by atoms with Crippen LogP contribution in [-0.2, 0) is 6.54 Å². The molecule has 0 aliphatic heterocycles. The Balaban J connectivity index is 1.81. The maximum Gasteiger partial charge on any atom is 0.417 e. The van der Waals surface area contributed by atoms with Gasteiger partial charge in [0.15, 0.2) is 17.1 Å². The van der Waals surface area contributed by atoms with Crippen LogP contribution < -0.4 is 15.8 Å². The third-order valence-electron chi connectivity index (χ3n) is 3.20. The molecule has 0 amide bonds. The van der Waals surface area contributed by atoms with Gasteiger partial charge in [0.25, 0.3) is 0 Å². The number of ether oxygens (including phenoxy) is 1. The first-order chi connectivity index (χ1) is 10.2. The topological polar surface area (TPSA) is 87.5 Å². The Bertz CT molecular complexity index is 835. The van der Waals surface area contributed by atoms with E-state index in [4.69, 9.17) is 9.15 Å². The highest BCUT2D eigenvalue weighted by Gasteiger charge is 2.07. The van der Waals surface area contributed by atoms with Gasteiger partial charge in [-0.1, -0.05) is 12.1 Å². The largest absolute Gasteiger partial charge is 0.504 e. The van der Waals surface area contributed by atoms with E-state index in [9.17, 15) is 9.90 Å². The van der Waals surface area contributed by atoms with Gasteiger partial charge in [-0.25, -0.2) is 4.79 Å². The fraction of sp³-hybridized carbons (Fsp3) is 0.133. The summed E-state index contributed by atoms with van der Waals surface area (Å²) in [5.41, 5.74) is 2.66. The molecule has 0 saturated heterocycles. The van der Waals surface area contributed by atoms with Crippen molar-refractivity contribution >= 4 is 16.8 Å². The summed E-state index contributed by atoms with van der Waals surface area (Å²) in [4.78, 5) is 13.7. The Morgan fingerprint density at radius 2 is 2.19 bits per heavy atom. The van der Waals surface area contributed by atoms with Gasteiger partial charge in [-0.3, -0.25) is 4.98 Å². The van der Waals surface area contributed by atoms with Crippen LogP contribution in [0, 0.1) is 0 Å². The maximum atomic E-state index is 11.1. The van der Waals surface area contributed by atoms with Gasteiger partial charge in [0.05, 0.1) is 12.6 Å². The van der Waals surface area contributed by atoms with Crippen molar-refractivity contribution < 1.29 is 14.3 Å². The number of aromatic amines is 1. The third kappa shape index (κ3) is 2.55. The molecule has 0 atom stereocenters. The molecular weight excluding hydrogens is 272 g/mol. The van der Waals surface area contributed by atoms with Gasteiger partial charge in [0, 0.05) is 17.8 Å². The highest BCUT2D eigenvalue weighted by atomic mass is 16.5. The zero-order valence-electron chi connectivity index (χ0n) is 11.3. The van der Waals surface area contributed by atoms with Crippen molar-refractivity contribution in [3.05, 3.63) is 52.5 Å². The second-order valence-corrected chi connectivity index (χ2v) is 4.55. The number of hydrogen-bond acceptors (Lipinski definition) is 5. The zero-order chi connectivity index (χ0) is 14.8. The Morgan fingerprint density at radius 3 is 3.00 bits per heavy atom. The number of aromatic nitrogens is 1. The van der Waals surface area contributed by atoms with Crippen molar-refractivity contribution in [2.75, 3.05) is 12.4 Å². The number of benzene rings is 2. The van der Waals surface area contributed by atoms with Crippen LogP contribution in [0.4, 0.5) is 5.69 Å². The average molecular weight is 286 g/mol. The van der Waals surface area contributed by atoms with Gasteiger partial charge in [-0.05, 0) is 24.3 Å². The zero-order valence-corrected chi connectivity index (χ0v) is 11.3. The van der Waals surface area contributed by atoms with Crippen LogP contribution in [0.15, 0.2) is 45.6 Å². The number of phenols is 1. The van der Waals surface area contributed by atoms with E-state index in [0.717, 1.165) is 11.3 Å². The summed E-state index contributed by atoms with van der Waals surface area (Å²) in [7, 11) is 1.51. The smallest absolute Gasteiger partial charge is 0.417 e. The average Bonchev–Trinajstić information content (AvgIpc) is 2.85. The van der Waals surface area contributed by atoms with Gasteiger partial charge in [-0.2, -0.15) is 0 Å². The van der Waals surface area contributed by atoms with Gasteiger partial charge in [0.2, 0.25) is 0 Å². The summed E-state index contributed by atoms with van der Waals surface area (Å²) in [6.45, 7) is 0.427. The lowest BCUT2D eigenvalue weighted by Gasteiger charge is -2.10. The van der Waals surface area contributed by atoms with E-state index in [1.54, 1.807) is 24.3 Å². The predicted octanol–water partition coefficient (Wildman–Crippen LogP) is 2.45. The molecule has 21 heavy (non-hydrogen) atoms. The first-order valence-corrected chi connectivity index (χ1v) is 6.39. The van der Waals surface area contributed by atoms with E-state index in [-0.39, 0.29) is 5.75 Å². The van der Waals surface area contributed by atoms with E-state index in [1.807, 2.05) is 12.1 Å². The highest BCUT2D eigenvalue weighted by Crippen LogP contribution is 2.30. The van der Waals surface area contributed by atoms with Gasteiger partial charge in [0.1, 0.15) is 0 Å². The van der Waals surface area contributed by atoms with Crippen LogP contribution >= 0.6 is 0 Å². The number of oxazole rings is 1. The summed E-state index contributed by atoms with van der Waals surface area (Å²) in [5, 5.41) is 13.2. The number of phenolic OH excluding ortho intramolecular Hbond substituents is 1. The summed E-state index contributed by atoms with van der Waals surface area (Å²) in [6, 6.07) is 10.6. The fourth-order valence-corrected chi connectivity index (χ4v) is 2.13. The minimum Gasteiger partial charge on any atom is -0.504 e. The Kier molecular flexibility index (Phi) is 3.27. The second-order valence-electron chi connectivity index (χ2n) is 4.55. The van der Waals surface area contributed by atoms with Gasteiger partial charge in [-0.15, -0.1) is 0 Å². The van der Waals surface area contributed by atoms with E-state index in [2.05, 4.69) is 10.3 Å². The van der Waals surface area contributed by atoms with Crippen molar-refractivity contribution in [1.29, 1.82) is 0 Å². The second kappa shape index (κ2) is 5.24. The Labute approximate surface area is 120 Å². The molecule has 3 N–H and O–H groups in total. The lowest BCUT2D eigenvalue weighted by molar-refractivity contribution is 0.371. The molecule has 6 nitrogen and oxygen atoms in total. The first kappa shape index (κ1) is 13.1. The Hall–Kier alpha value is -2.89. The summed E-state index contributed by atoms with van der Waals surface area (Å²) in [6.07, 6.45) is 0. The van der Waals surface area contributed by atoms with Crippen LogP contribution in [0.1, 0.15) is 5.56 Å². The van der Waals surface area contributed by atoms with Crippen LogP contribution in [0.3, 0.4) is 0 Å². The summed E-state index contributed by atoms with van der Waals surface area (Å²) >= 11 is 0. The Morgan fingerprint density at radius 1 is 1.33 bits per heavy atom. The molecule has 0 spiro atoms. The molecule has 1 heterocycles. The summed E-state index contributed by atoms with van der Waals surface area (Å²) < 4.78 is 10.0. The molecule has 0 aliphatic carbocycles. The molecule has 0 bridgehead atoms. The summed E-state index contributed by atoms with van der Waals surface area (Å²) in [5.74, 6) is 0.0711. The quantitative estimate of drug-likeness (QED) is 0.685. The van der Waals surface area contributed by atoms with Crippen LogP contribution in [0.2, 0.25) is 0 Å². The number of nitrogens with one attached hydrogen (secondary N) is 2. The first-order valence-electron chi connectivity index (χ1n) is 6.39. The van der Waals surface area contributed by atoms with Gasteiger partial charge >= 0.3 is 5.76 Å². The number of methoxy groups -OCH3 is 1. The highest BCUT2D eigenvalue weighted by molar-refractivity contribution is 5.76. The number of para-hydroxylation sites is 1. The molecule has 1 aromatic heterocycles. The number of anilines is 1. The number of rotatable bonds is 4. The molecule has 0 aliphatic rings. The maximum absolute atomic E-state index is 11.1. The van der Waals surface area contributed by atoms with Crippen LogP contribution in [0.25, 0.3) is 11.1 Å². The molecule has 3 rings (SSSR count). The lowest BCUT2D eigenvalue weighted by atomic mass is 10.2. The predicted molar refractivity (Wildman–Crippen MR) is 78.8 cm³/mol. The van der Waals surface area contributed by atoms with E-state index in [0.29, 0.717) is 23.4 Å². The molecule has 0 saturated carbocycles. The van der Waals surface area contributed by atoms with E-state index < -0.39 is 5.76 Å². The van der Waals surface area contributed by atoms with Crippen molar-refractivity contribution in [2.24, 2.45) is 0 Å². The number of hydrogen-bond donors (Lipinski definition) is 3. The van der Waals surface area contributed by atoms with Crippen molar-refractivity contribution in [2.45, 2.75) is 6.54 Å². The monoisotopic (exact) mass is 286 g/mol. The molecule has 0 unspecified atom stereocenters. The molecule has 3 aromatic rings. The van der Waals surface area contributed by atoms with Gasteiger partial charge < -0.3 is 19.6 Å². The van der Waals surface area contributed by atoms with E-state index in [1.165, 1.54) is 7.11 Å². The number of H-pyrrole nitrogens is 1. The van der Waals surface area contributed by atoms with Crippen molar-refractivity contribution in [1.82, 2.24) is 4.98 Å². The van der Waals surface area contributed by atoms with Crippen molar-refractivity contribution in [3.63, 3.8) is 0 Å². The SMILES string of the molecule is COc1cccc(CNc2ccc3oc(=O)[nH]c3c2)c1O. The molecule has 108 valence electrons. The number of aromatic hydroxyl groups is 1. The molecule has 6 heteroatoms. The lowest BCUT2D eigenvalue weighted by Crippen LogP contribution is -2.00. The van der Waals surface area contributed by atoms with E-state index >= 15 is 0 Å². The van der Waals surface area contributed by atoms with Crippen LogP contribution in [-0.4, -0.2) is 17.2 Å². The molecule has 0 fully saturated rings.